The van der Waals surface area contributed by atoms with Crippen LogP contribution < -0.4 is 10.1 Å². The van der Waals surface area contributed by atoms with Gasteiger partial charge in [0.05, 0.1) is 20.3 Å². The summed E-state index contributed by atoms with van der Waals surface area (Å²) in [5.74, 6) is 0.338. The molecule has 0 radical (unpaired) electrons. The smallest absolute Gasteiger partial charge is 0.325 e. The van der Waals surface area contributed by atoms with Crippen LogP contribution in [0.4, 0.5) is 4.79 Å². The molecule has 1 aromatic rings. The highest BCUT2D eigenvalue weighted by Crippen LogP contribution is 2.22. The fourth-order valence-corrected chi connectivity index (χ4v) is 1.97. The monoisotopic (exact) mass is 264 g/mol. The van der Waals surface area contributed by atoms with Crippen molar-refractivity contribution in [2.75, 3.05) is 27.3 Å². The molecule has 0 spiro atoms. The van der Waals surface area contributed by atoms with E-state index in [1.807, 2.05) is 24.3 Å². The van der Waals surface area contributed by atoms with Crippen LogP contribution in [0.15, 0.2) is 24.3 Å². The lowest BCUT2D eigenvalue weighted by atomic mass is 10.1. The molecule has 1 N–H and O–H groups in total. The SMILES string of the molecule is COC(=O)CN1CC(c2ccc(OC)cc2)NC1=O. The second-order valence-corrected chi connectivity index (χ2v) is 4.23. The Kier molecular flexibility index (Phi) is 3.89. The number of nitrogens with zero attached hydrogens (tertiary/aromatic N) is 1. The van der Waals surface area contributed by atoms with E-state index >= 15 is 0 Å². The fraction of sp³-hybridized carbons (Fsp3) is 0.385. The zero-order valence-electron chi connectivity index (χ0n) is 10.9. The molecular formula is C13H16N2O4. The molecule has 1 aliphatic rings. The van der Waals surface area contributed by atoms with E-state index in [0.717, 1.165) is 11.3 Å². The van der Waals surface area contributed by atoms with Gasteiger partial charge in [0.25, 0.3) is 0 Å². The van der Waals surface area contributed by atoms with Crippen molar-refractivity contribution in [2.24, 2.45) is 0 Å². The number of carbonyl (C=O) groups is 2. The first-order chi connectivity index (χ1) is 9.13. The second kappa shape index (κ2) is 5.60. The summed E-state index contributed by atoms with van der Waals surface area (Å²) < 4.78 is 9.64. The van der Waals surface area contributed by atoms with Crippen molar-refractivity contribution in [3.8, 4) is 5.75 Å². The molecular weight excluding hydrogens is 248 g/mol. The number of esters is 1. The Balaban J connectivity index is 2.03. The standard InChI is InChI=1S/C13H16N2O4/c1-18-10-5-3-9(4-6-10)11-7-15(13(17)14-11)8-12(16)19-2/h3-6,11H,7-8H2,1-2H3,(H,14,17). The summed E-state index contributed by atoms with van der Waals surface area (Å²) in [6.07, 6.45) is 0. The normalized spacial score (nSPS) is 18.1. The highest BCUT2D eigenvalue weighted by molar-refractivity contribution is 5.82. The minimum atomic E-state index is -0.425. The van der Waals surface area contributed by atoms with Gasteiger partial charge >= 0.3 is 12.0 Å². The molecule has 6 nitrogen and oxygen atoms in total. The molecule has 2 rings (SSSR count). The summed E-state index contributed by atoms with van der Waals surface area (Å²) in [4.78, 5) is 24.3. The van der Waals surface area contributed by atoms with Gasteiger partial charge < -0.3 is 19.7 Å². The van der Waals surface area contributed by atoms with Crippen LogP contribution in [0.2, 0.25) is 0 Å². The molecule has 102 valence electrons. The minimum Gasteiger partial charge on any atom is -0.497 e. The second-order valence-electron chi connectivity index (χ2n) is 4.23. The minimum absolute atomic E-state index is 0.0327. The Hall–Kier alpha value is -2.24. The molecule has 1 aliphatic heterocycles. The lowest BCUT2D eigenvalue weighted by molar-refractivity contribution is -0.141. The van der Waals surface area contributed by atoms with Crippen molar-refractivity contribution in [1.29, 1.82) is 0 Å². The predicted molar refractivity (Wildman–Crippen MR) is 67.9 cm³/mol. The van der Waals surface area contributed by atoms with Gasteiger partial charge in [0, 0.05) is 6.54 Å². The van der Waals surface area contributed by atoms with Gasteiger partial charge in [-0.15, -0.1) is 0 Å². The van der Waals surface area contributed by atoms with Crippen LogP contribution in [0, 0.1) is 0 Å². The van der Waals surface area contributed by atoms with Gasteiger partial charge in [0.1, 0.15) is 12.3 Å². The summed E-state index contributed by atoms with van der Waals surface area (Å²) >= 11 is 0. The van der Waals surface area contributed by atoms with E-state index in [0.29, 0.717) is 6.54 Å². The highest BCUT2D eigenvalue weighted by atomic mass is 16.5. The van der Waals surface area contributed by atoms with E-state index in [-0.39, 0.29) is 18.6 Å². The van der Waals surface area contributed by atoms with Gasteiger partial charge in [-0.05, 0) is 17.7 Å². The predicted octanol–water partition coefficient (Wildman–Crippen LogP) is 0.934. The van der Waals surface area contributed by atoms with Gasteiger partial charge in [0.15, 0.2) is 0 Å². The Morgan fingerprint density at radius 1 is 1.37 bits per heavy atom. The zero-order valence-corrected chi connectivity index (χ0v) is 10.9. The van der Waals surface area contributed by atoms with Crippen molar-refractivity contribution in [1.82, 2.24) is 10.2 Å². The number of nitrogens with one attached hydrogen (secondary N) is 1. The van der Waals surface area contributed by atoms with E-state index in [9.17, 15) is 9.59 Å². The maximum atomic E-state index is 11.7. The van der Waals surface area contributed by atoms with Crippen LogP contribution in [-0.2, 0) is 9.53 Å². The number of amides is 2. The van der Waals surface area contributed by atoms with Gasteiger partial charge in [-0.1, -0.05) is 12.1 Å². The van der Waals surface area contributed by atoms with Gasteiger partial charge in [-0.25, -0.2) is 4.79 Å². The molecule has 1 heterocycles. The Bertz CT molecular complexity index is 472. The Labute approximate surface area is 111 Å². The number of carbonyl (C=O) groups excluding carboxylic acids is 2. The van der Waals surface area contributed by atoms with Gasteiger partial charge in [-0.3, -0.25) is 4.79 Å². The number of benzene rings is 1. The first-order valence-corrected chi connectivity index (χ1v) is 5.90. The van der Waals surface area contributed by atoms with Crippen molar-refractivity contribution < 1.29 is 19.1 Å². The Morgan fingerprint density at radius 3 is 2.63 bits per heavy atom. The van der Waals surface area contributed by atoms with E-state index in [1.165, 1.54) is 12.0 Å². The molecule has 1 fully saturated rings. The summed E-state index contributed by atoms with van der Waals surface area (Å²) in [7, 11) is 2.90. The molecule has 0 aliphatic carbocycles. The van der Waals surface area contributed by atoms with E-state index < -0.39 is 5.97 Å². The number of rotatable bonds is 4. The average molecular weight is 264 g/mol. The third kappa shape index (κ3) is 2.96. The summed E-state index contributed by atoms with van der Waals surface area (Å²) in [6, 6.07) is 7.08. The fourth-order valence-electron chi connectivity index (χ4n) is 1.97. The summed E-state index contributed by atoms with van der Waals surface area (Å²) in [6.45, 7) is 0.412. The molecule has 1 atom stereocenters. The third-order valence-electron chi connectivity index (χ3n) is 3.05. The van der Waals surface area contributed by atoms with E-state index in [1.54, 1.807) is 7.11 Å². The topological polar surface area (TPSA) is 67.9 Å². The number of ether oxygens (including phenoxy) is 2. The molecule has 0 saturated carbocycles. The zero-order chi connectivity index (χ0) is 13.8. The maximum Gasteiger partial charge on any atom is 0.325 e. The first-order valence-electron chi connectivity index (χ1n) is 5.90. The molecule has 0 aromatic heterocycles. The molecule has 1 saturated heterocycles. The Morgan fingerprint density at radius 2 is 2.05 bits per heavy atom. The van der Waals surface area contributed by atoms with Crippen molar-refractivity contribution in [2.45, 2.75) is 6.04 Å². The third-order valence-corrected chi connectivity index (χ3v) is 3.05. The number of hydrogen-bond donors (Lipinski definition) is 1. The van der Waals surface area contributed by atoms with Crippen LogP contribution in [0.1, 0.15) is 11.6 Å². The summed E-state index contributed by atoms with van der Waals surface area (Å²) in [5.41, 5.74) is 0.974. The highest BCUT2D eigenvalue weighted by Gasteiger charge is 2.31. The lowest BCUT2D eigenvalue weighted by Gasteiger charge is -2.13. The lowest BCUT2D eigenvalue weighted by Crippen LogP contribution is -2.33. The molecule has 19 heavy (non-hydrogen) atoms. The number of methoxy groups -OCH3 is 2. The average Bonchev–Trinajstić information content (AvgIpc) is 2.80. The van der Waals surface area contributed by atoms with Gasteiger partial charge in [0.2, 0.25) is 0 Å². The quantitative estimate of drug-likeness (QED) is 0.822. The molecule has 6 heteroatoms. The van der Waals surface area contributed by atoms with Crippen LogP contribution in [0.25, 0.3) is 0 Å². The molecule has 1 aromatic carbocycles. The van der Waals surface area contributed by atoms with E-state index in [4.69, 9.17) is 4.74 Å². The number of urea groups is 1. The van der Waals surface area contributed by atoms with E-state index in [2.05, 4.69) is 10.1 Å². The van der Waals surface area contributed by atoms with Crippen molar-refractivity contribution in [3.05, 3.63) is 29.8 Å². The molecule has 0 bridgehead atoms. The van der Waals surface area contributed by atoms with Crippen molar-refractivity contribution in [3.63, 3.8) is 0 Å². The molecule has 1 unspecified atom stereocenters. The van der Waals surface area contributed by atoms with Gasteiger partial charge in [-0.2, -0.15) is 0 Å². The van der Waals surface area contributed by atoms with Crippen LogP contribution in [-0.4, -0.2) is 44.2 Å². The molecule has 2 amide bonds. The maximum absolute atomic E-state index is 11.7. The van der Waals surface area contributed by atoms with Crippen LogP contribution in [0.3, 0.4) is 0 Å². The summed E-state index contributed by atoms with van der Waals surface area (Å²) in [5, 5.41) is 2.83. The first kappa shape index (κ1) is 13.2. The largest absolute Gasteiger partial charge is 0.497 e. The number of hydrogen-bond acceptors (Lipinski definition) is 4. The van der Waals surface area contributed by atoms with Crippen LogP contribution in [0.5, 0.6) is 5.75 Å². The van der Waals surface area contributed by atoms with Crippen LogP contribution >= 0.6 is 0 Å². The van der Waals surface area contributed by atoms with Crippen molar-refractivity contribution >= 4 is 12.0 Å².